The number of amides is 5. The Kier molecular flexibility index (Phi) is 53.0. The number of methoxy groups -OCH3 is 2. The predicted octanol–water partition coefficient (Wildman–Crippen LogP) is 2.49. The van der Waals surface area contributed by atoms with E-state index in [0.717, 1.165) is 29.4 Å². The third kappa shape index (κ3) is 41.7. The number of aromatic nitrogens is 8. The molecule has 0 aliphatic heterocycles. The fourth-order valence-electron chi connectivity index (χ4n) is 7.90. The number of H-pyrrole nitrogens is 1. The van der Waals surface area contributed by atoms with Crippen LogP contribution in [0, 0.1) is 22.2 Å². The van der Waals surface area contributed by atoms with E-state index in [1.165, 1.54) is 117 Å². The van der Waals surface area contributed by atoms with Crippen molar-refractivity contribution < 1.29 is 110 Å². The maximum atomic E-state index is 13.1. The number of likely N-dealkylation sites (N-methyl/N-ethyl adjacent to an activating group) is 3. The van der Waals surface area contributed by atoms with Crippen molar-refractivity contribution in [1.29, 1.82) is 0 Å². The third-order valence-corrected chi connectivity index (χ3v) is 13.9. The SMILES string of the molecule is CCCc1ccncc1.CN(Cc1ccncc1)C(=O)C(=O)CNC(=S)Nc1ccc(F)cc1.CN(Cc1ccncc1)C(=O)C(=O)NN.CN(Cc1ccncc1)C(=O)c1n[nH]c(=S)n1-c1ccc(F)cc1.COC(=O)C(=O)Cl.COC(=O)C(=O)N(C)Cc1ccncc1.Fc1ccc(N=C=S)cc1.NN.O=CO[O-].[Na+]. The van der Waals surface area contributed by atoms with Crippen LogP contribution in [0.1, 0.15) is 51.8 Å². The van der Waals surface area contributed by atoms with Crippen molar-refractivity contribution in [3.05, 3.63) is 251 Å². The molecule has 9 aromatic rings. The van der Waals surface area contributed by atoms with Crippen LogP contribution >= 0.6 is 48.3 Å². The Labute approximate surface area is 684 Å². The minimum Gasteiger partial charge on any atom is -0.662 e. The number of hydrazine groups is 2. The molecule has 9 rings (SSSR count). The summed E-state index contributed by atoms with van der Waals surface area (Å²) in [5.41, 5.74) is 8.56. The van der Waals surface area contributed by atoms with E-state index in [2.05, 4.69) is 125 Å². The summed E-state index contributed by atoms with van der Waals surface area (Å²) < 4.78 is 48.2. The number of aliphatic imine (C=N–C) groups is 1. The number of carbonyl (C=O) groups excluding carboxylic acids is 10. The number of nitrogens with zero attached hydrogens (tertiary/aromatic N) is 12. The first-order valence-corrected chi connectivity index (χ1v) is 33.3. The summed E-state index contributed by atoms with van der Waals surface area (Å²) in [6.07, 6.45) is 19.1. The molecular formula is C71H78ClF3N19NaO14S3. The zero-order valence-electron chi connectivity index (χ0n) is 61.6. The molecule has 0 spiro atoms. The number of rotatable bonds is 19. The molecule has 0 atom stereocenters. The number of isothiocyanates is 1. The largest absolute Gasteiger partial charge is 1.00 e. The van der Waals surface area contributed by atoms with E-state index in [1.54, 1.807) is 125 Å². The van der Waals surface area contributed by atoms with Crippen LogP contribution in [-0.2, 0) is 90.1 Å². The molecule has 0 aliphatic carbocycles. The van der Waals surface area contributed by atoms with E-state index in [0.29, 0.717) is 43.2 Å². The summed E-state index contributed by atoms with van der Waals surface area (Å²) >= 11 is 19.2. The molecule has 0 saturated heterocycles. The van der Waals surface area contributed by atoms with Gasteiger partial charge in [-0.3, -0.25) is 90.1 Å². The number of carbonyl (C=O) groups is 10. The second-order valence-electron chi connectivity index (χ2n) is 21.2. The van der Waals surface area contributed by atoms with Crippen LogP contribution in [0.4, 0.5) is 24.5 Å². The van der Waals surface area contributed by atoms with E-state index in [9.17, 15) is 56.3 Å². The topological polar surface area (TPSA) is 459 Å². The third-order valence-electron chi connectivity index (χ3n) is 13.1. The van der Waals surface area contributed by atoms with Gasteiger partial charge in [0, 0.05) is 122 Å². The monoisotopic (exact) mass is 1630 g/mol. The summed E-state index contributed by atoms with van der Waals surface area (Å²) in [5, 5.41) is 21.8. The van der Waals surface area contributed by atoms with E-state index in [1.807, 2.05) is 24.5 Å². The van der Waals surface area contributed by atoms with Crippen LogP contribution in [0.15, 0.2) is 200 Å². The number of ketones is 1. The molecule has 0 radical (unpaired) electrons. The van der Waals surface area contributed by atoms with Gasteiger partial charge in [0.15, 0.2) is 9.88 Å². The number of thiocarbonyl (C=S) groups is 2. The first-order valence-electron chi connectivity index (χ1n) is 31.7. The van der Waals surface area contributed by atoms with Crippen LogP contribution in [0.2, 0.25) is 0 Å². The number of halogens is 4. The molecule has 3 aromatic carbocycles. The van der Waals surface area contributed by atoms with Crippen molar-refractivity contribution in [3.8, 4) is 5.69 Å². The number of esters is 2. The molecule has 0 unspecified atom stereocenters. The molecule has 6 heterocycles. The number of ether oxygens (including phenoxy) is 2. The van der Waals surface area contributed by atoms with Gasteiger partial charge in [-0.05, 0) is 216 Å². The van der Waals surface area contributed by atoms with Gasteiger partial charge in [-0.2, -0.15) is 4.99 Å². The Morgan fingerprint density at radius 1 is 0.598 bits per heavy atom. The van der Waals surface area contributed by atoms with Gasteiger partial charge in [0.05, 0.1) is 37.3 Å². The average Bonchev–Trinajstić information content (AvgIpc) is 1.65. The molecule has 41 heteroatoms. The second kappa shape index (κ2) is 59.2. The summed E-state index contributed by atoms with van der Waals surface area (Å²) in [6.45, 7) is 3.19. The maximum Gasteiger partial charge on any atom is 1.00 e. The Morgan fingerprint density at radius 3 is 1.32 bits per heavy atom. The molecule has 0 fully saturated rings. The van der Waals surface area contributed by atoms with Crippen molar-refractivity contribution in [2.45, 2.75) is 45.9 Å². The van der Waals surface area contributed by atoms with Gasteiger partial charge in [-0.1, -0.05) is 13.3 Å². The molecular weight excluding hydrogens is 1550 g/mol. The van der Waals surface area contributed by atoms with Gasteiger partial charge >= 0.3 is 64.5 Å². The minimum atomic E-state index is -1.09. The molecule has 588 valence electrons. The quantitative estimate of drug-likeness (QED) is 0.00522. The van der Waals surface area contributed by atoms with Gasteiger partial charge in [-0.25, -0.2) is 28.6 Å². The van der Waals surface area contributed by atoms with E-state index in [4.69, 9.17) is 40.3 Å². The maximum absolute atomic E-state index is 13.1. The smallest absolute Gasteiger partial charge is 0.662 e. The number of aryl methyl sites for hydroxylation is 1. The van der Waals surface area contributed by atoms with Crippen LogP contribution in [0.3, 0.4) is 0 Å². The van der Waals surface area contributed by atoms with Crippen molar-refractivity contribution in [2.75, 3.05) is 54.3 Å². The normalized spacial score (nSPS) is 9.28. The number of hydrogen-bond donors (Lipinski definition) is 7. The second-order valence-corrected chi connectivity index (χ2v) is 22.5. The standard InChI is InChI=1S/C17H17FN4O2S.C16H14FN5OS.C10H12N2O3.C9H12N4O2.C8H11N.C7H4FNS.C3H3ClO3.CH2O3.H4N2.Na/c1-22(11-12-6-8-19-9-7-12)16(24)15(23)10-20-17(25)21-14-4-2-13(18)3-5-14;1-21(10-11-6-8-18-9-7-11)15(23)14-19-20-16(24)22(14)13-4-2-12(17)3-5-13;1-12(9(13)10(14)15-2)7-8-3-5-11-6-4-8;1-13(9(15)8(14)12-10)6-7-2-4-11-5-3-7;1-2-3-8-4-6-9-7-5-8;8-6-1-3-7(4-2-6)9-5-10;1-7-3(6)2(4)5;2-1-4-3;1-2;/h2-9H,10-11H2,1H3,(H2,20,21,25);2-9H,10H2,1H3,(H,20,24);3-6H,7H2,1-2H3;2-5H,6,10H2,1H3,(H,12,14);4-7H,2-3H2,1H3;1-4H;1H3;1,3H;1-2H2;/q;;;;;;;;;+1/p-1. The van der Waals surface area contributed by atoms with Crippen LogP contribution in [0.25, 0.3) is 5.69 Å². The average molecular weight is 1630 g/mol. The molecule has 33 nitrogen and oxygen atoms in total. The molecule has 112 heavy (non-hydrogen) atoms. The van der Waals surface area contributed by atoms with Gasteiger partial charge in [-0.15, -0.1) is 5.10 Å². The zero-order valence-corrected chi connectivity index (χ0v) is 66.8. The summed E-state index contributed by atoms with van der Waals surface area (Å²) in [5.74, 6) is 6.42. The summed E-state index contributed by atoms with van der Waals surface area (Å²) in [7, 11) is 8.56. The number of nitrogens with one attached hydrogen (secondary N) is 4. The van der Waals surface area contributed by atoms with Crippen LogP contribution < -0.4 is 68.4 Å². The molecule has 0 aliphatic rings. The Bertz CT molecular complexity index is 4370. The number of pyridine rings is 5. The fourth-order valence-corrected chi connectivity index (χ4v) is 8.51. The minimum absolute atomic E-state index is 0. The number of hydrogen-bond acceptors (Lipinski definition) is 27. The first-order chi connectivity index (χ1) is 53.2. The van der Waals surface area contributed by atoms with Crippen LogP contribution in [-0.4, -0.2) is 177 Å². The molecule has 10 N–H and O–H groups in total. The Balaban J connectivity index is 0.00000131. The summed E-state index contributed by atoms with van der Waals surface area (Å²) in [4.78, 5) is 140. The molecule has 5 amide bonds. The van der Waals surface area contributed by atoms with Crippen molar-refractivity contribution in [3.63, 3.8) is 0 Å². The Hall–Kier alpha value is -11.7. The van der Waals surface area contributed by atoms with E-state index >= 15 is 0 Å². The number of anilines is 1. The fraction of sp³-hybridized carbons (Fsp3) is 0.197. The van der Waals surface area contributed by atoms with Crippen molar-refractivity contribution >= 4 is 129 Å². The zero-order chi connectivity index (χ0) is 83.1. The van der Waals surface area contributed by atoms with Gasteiger partial charge in [0.1, 0.15) is 17.5 Å². The number of Topliss-reactive ketones (excluding diaryl/α,β-unsaturated/α-hetero) is 1. The number of aromatic amines is 1. The Morgan fingerprint density at radius 2 is 0.964 bits per heavy atom. The number of benzene rings is 3. The summed E-state index contributed by atoms with van der Waals surface area (Å²) in [6, 6.07) is 35.4. The molecule has 0 bridgehead atoms. The predicted molar refractivity (Wildman–Crippen MR) is 409 cm³/mol. The van der Waals surface area contributed by atoms with Gasteiger partial charge < -0.3 is 49.9 Å². The molecule has 6 aromatic heterocycles. The molecule has 0 saturated carbocycles. The van der Waals surface area contributed by atoms with Gasteiger partial charge in [0.25, 0.3) is 18.3 Å². The van der Waals surface area contributed by atoms with E-state index in [-0.39, 0.29) is 81.6 Å². The van der Waals surface area contributed by atoms with Gasteiger partial charge in [0.2, 0.25) is 11.6 Å². The first kappa shape index (κ1) is 100. The van der Waals surface area contributed by atoms with Crippen LogP contribution in [0.5, 0.6) is 0 Å². The van der Waals surface area contributed by atoms with Crippen molar-refractivity contribution in [2.24, 2.45) is 22.5 Å². The number of nitrogens with two attached hydrogens (primary N) is 3. The van der Waals surface area contributed by atoms with E-state index < -0.39 is 46.6 Å². The van der Waals surface area contributed by atoms with Crippen molar-refractivity contribution in [1.82, 2.24) is 70.0 Å².